The van der Waals surface area contributed by atoms with Gasteiger partial charge in [0.1, 0.15) is 5.10 Å². The molecule has 0 saturated heterocycles. The van der Waals surface area contributed by atoms with Crippen LogP contribution in [0.4, 0.5) is 0 Å². The fourth-order valence-corrected chi connectivity index (χ4v) is 1.17. The maximum absolute atomic E-state index is 10.1. The molecule has 9 heteroatoms. The zero-order chi connectivity index (χ0) is 13.2. The largest absolute Gasteiger partial charge is 0.354 e. The van der Waals surface area contributed by atoms with Crippen molar-refractivity contribution in [1.29, 1.82) is 0 Å². The number of hydrogen-bond acceptors (Lipinski definition) is 5. The summed E-state index contributed by atoms with van der Waals surface area (Å²) < 4.78 is 0. The Morgan fingerprint density at radius 2 is 2.39 bits per heavy atom. The van der Waals surface area contributed by atoms with Crippen LogP contribution >= 0.6 is 0 Å². The van der Waals surface area contributed by atoms with Crippen molar-refractivity contribution in [2.75, 3.05) is 20.1 Å². The van der Waals surface area contributed by atoms with Gasteiger partial charge in [0, 0.05) is 32.9 Å². The Morgan fingerprint density at radius 3 is 3.00 bits per heavy atom. The third-order valence-corrected chi connectivity index (χ3v) is 1.95. The monoisotopic (exact) mass is 253 g/mol. The maximum atomic E-state index is 10.1. The van der Waals surface area contributed by atoms with E-state index in [0.29, 0.717) is 19.6 Å². The highest BCUT2D eigenvalue weighted by Crippen LogP contribution is 1.88. The molecule has 9 nitrogen and oxygen atoms in total. The summed E-state index contributed by atoms with van der Waals surface area (Å²) in [6, 6.07) is 3.67. The molecular weight excluding hydrogens is 238 g/mol. The van der Waals surface area contributed by atoms with Gasteiger partial charge in [-0.2, -0.15) is 10.2 Å². The van der Waals surface area contributed by atoms with Crippen LogP contribution in [0.2, 0.25) is 0 Å². The Labute approximate surface area is 104 Å². The van der Waals surface area contributed by atoms with Crippen LogP contribution in [0.25, 0.3) is 0 Å². The van der Waals surface area contributed by atoms with E-state index >= 15 is 0 Å². The summed E-state index contributed by atoms with van der Waals surface area (Å²) in [5.74, 6) is 0.126. The Morgan fingerprint density at radius 1 is 1.56 bits per heavy atom. The lowest BCUT2D eigenvalue weighted by Crippen LogP contribution is -2.39. The third-order valence-electron chi connectivity index (χ3n) is 1.95. The molecule has 0 amide bonds. The number of nitrogens with one attached hydrogen (secondary N) is 3. The van der Waals surface area contributed by atoms with Crippen molar-refractivity contribution < 1.29 is 5.03 Å². The van der Waals surface area contributed by atoms with E-state index in [2.05, 4.69) is 31.2 Å². The van der Waals surface area contributed by atoms with Gasteiger partial charge >= 0.3 is 0 Å². The van der Waals surface area contributed by atoms with E-state index in [1.807, 2.05) is 12.1 Å². The van der Waals surface area contributed by atoms with Crippen molar-refractivity contribution >= 4 is 5.96 Å². The van der Waals surface area contributed by atoms with Crippen molar-refractivity contribution in [2.45, 2.75) is 6.54 Å². The van der Waals surface area contributed by atoms with Gasteiger partial charge in [0.2, 0.25) is 0 Å². The molecule has 0 fully saturated rings. The second-order valence-electron chi connectivity index (χ2n) is 3.25. The molecule has 1 aromatic rings. The standard InChI is InChI=1S/C9H15N7O2/c1-10-9(15-16(17)18)12-6-5-11-7-8-3-2-4-13-14-8/h2-4,11H,5-7H2,1H3,(H2,10,12,15). The van der Waals surface area contributed by atoms with Gasteiger partial charge in [-0.05, 0) is 12.1 Å². The molecule has 0 radical (unpaired) electrons. The van der Waals surface area contributed by atoms with Crippen LogP contribution in [0.5, 0.6) is 0 Å². The number of aromatic nitrogens is 2. The van der Waals surface area contributed by atoms with E-state index in [1.54, 1.807) is 13.2 Å². The maximum Gasteiger partial charge on any atom is 0.268 e. The molecule has 98 valence electrons. The summed E-state index contributed by atoms with van der Waals surface area (Å²) in [5.41, 5.74) is 0.838. The van der Waals surface area contributed by atoms with Crippen molar-refractivity contribution in [1.82, 2.24) is 26.1 Å². The number of guanidine groups is 1. The fraction of sp³-hybridized carbons (Fsp3) is 0.444. The van der Waals surface area contributed by atoms with Gasteiger partial charge in [-0.25, -0.2) is 10.1 Å². The molecule has 0 aliphatic carbocycles. The molecule has 3 N–H and O–H groups in total. The highest BCUT2D eigenvalue weighted by atomic mass is 16.7. The second kappa shape index (κ2) is 7.90. The van der Waals surface area contributed by atoms with E-state index in [1.165, 1.54) is 0 Å². The minimum atomic E-state index is -0.758. The Kier molecular flexibility index (Phi) is 6.04. The molecule has 0 bridgehead atoms. The van der Waals surface area contributed by atoms with Crippen molar-refractivity contribution in [3.05, 3.63) is 34.1 Å². The van der Waals surface area contributed by atoms with Gasteiger partial charge in [-0.15, -0.1) is 0 Å². The summed E-state index contributed by atoms with van der Waals surface area (Å²) in [6.45, 7) is 1.72. The summed E-state index contributed by atoms with van der Waals surface area (Å²) >= 11 is 0. The Balaban J connectivity index is 2.17. The molecule has 0 aliphatic rings. The third kappa shape index (κ3) is 5.70. The first-order valence-corrected chi connectivity index (χ1v) is 5.34. The average Bonchev–Trinajstić information content (AvgIpc) is 2.37. The van der Waals surface area contributed by atoms with Crippen molar-refractivity contribution in [2.24, 2.45) is 5.10 Å². The van der Waals surface area contributed by atoms with Gasteiger partial charge in [-0.3, -0.25) is 0 Å². The first kappa shape index (κ1) is 13.8. The molecule has 0 unspecified atom stereocenters. The first-order valence-electron chi connectivity index (χ1n) is 5.34. The summed E-state index contributed by atoms with van der Waals surface area (Å²) in [5, 5.41) is 28.7. The number of hydrogen-bond donors (Lipinski definition) is 3. The minimum absolute atomic E-state index is 0.126. The predicted octanol–water partition coefficient (Wildman–Crippen LogP) is -1.08. The quantitative estimate of drug-likeness (QED) is 0.194. The lowest BCUT2D eigenvalue weighted by atomic mass is 10.4. The van der Waals surface area contributed by atoms with E-state index in [-0.39, 0.29) is 5.96 Å². The highest BCUT2D eigenvalue weighted by molar-refractivity contribution is 5.78. The topological polar surface area (TPSA) is 117 Å². The highest BCUT2D eigenvalue weighted by Gasteiger charge is 2.00. The van der Waals surface area contributed by atoms with E-state index in [4.69, 9.17) is 0 Å². The number of nitro groups is 1. The lowest BCUT2D eigenvalue weighted by molar-refractivity contribution is -0.485. The van der Waals surface area contributed by atoms with Crippen LogP contribution in [0.1, 0.15) is 5.69 Å². The van der Waals surface area contributed by atoms with Crippen LogP contribution in [-0.2, 0) is 6.54 Å². The van der Waals surface area contributed by atoms with Crippen LogP contribution in [0.15, 0.2) is 23.4 Å². The molecule has 0 saturated carbocycles. The van der Waals surface area contributed by atoms with Gasteiger partial charge in [0.25, 0.3) is 5.96 Å². The van der Waals surface area contributed by atoms with Crippen LogP contribution in [0.3, 0.4) is 0 Å². The predicted molar refractivity (Wildman–Crippen MR) is 65.2 cm³/mol. The number of hydrazone groups is 1. The second-order valence-corrected chi connectivity index (χ2v) is 3.25. The molecule has 1 heterocycles. The van der Waals surface area contributed by atoms with E-state index in [0.717, 1.165) is 5.69 Å². The zero-order valence-corrected chi connectivity index (χ0v) is 9.96. The van der Waals surface area contributed by atoms with E-state index in [9.17, 15) is 10.1 Å². The van der Waals surface area contributed by atoms with E-state index < -0.39 is 5.03 Å². The number of rotatable bonds is 6. The lowest BCUT2D eigenvalue weighted by Gasteiger charge is -2.06. The molecule has 0 aromatic carbocycles. The molecule has 0 spiro atoms. The minimum Gasteiger partial charge on any atom is -0.354 e. The smallest absolute Gasteiger partial charge is 0.268 e. The molecule has 1 aromatic heterocycles. The van der Waals surface area contributed by atoms with Crippen LogP contribution in [-0.4, -0.2) is 41.3 Å². The van der Waals surface area contributed by atoms with Crippen LogP contribution < -0.4 is 16.0 Å². The normalized spacial score (nSPS) is 11.1. The Hall–Kier alpha value is -2.29. The fourth-order valence-electron chi connectivity index (χ4n) is 1.17. The van der Waals surface area contributed by atoms with Crippen molar-refractivity contribution in [3.63, 3.8) is 0 Å². The van der Waals surface area contributed by atoms with Crippen LogP contribution in [0, 0.1) is 10.1 Å². The average molecular weight is 253 g/mol. The van der Waals surface area contributed by atoms with Gasteiger partial charge in [0.15, 0.2) is 5.03 Å². The SMILES string of the molecule is CNC(=N[N+](=O)[O-])NCCNCc1cccnn1. The first-order chi connectivity index (χ1) is 8.72. The molecule has 18 heavy (non-hydrogen) atoms. The number of nitrogens with zero attached hydrogens (tertiary/aromatic N) is 4. The summed E-state index contributed by atoms with van der Waals surface area (Å²) in [4.78, 5) is 10.1. The van der Waals surface area contributed by atoms with Crippen molar-refractivity contribution in [3.8, 4) is 0 Å². The Bertz CT molecular complexity index is 395. The molecule has 0 aliphatic heterocycles. The molecule has 0 atom stereocenters. The summed E-state index contributed by atoms with van der Waals surface area (Å²) in [6.07, 6.45) is 1.61. The van der Waals surface area contributed by atoms with Gasteiger partial charge in [0.05, 0.1) is 5.69 Å². The zero-order valence-electron chi connectivity index (χ0n) is 9.96. The molecular formula is C9H15N7O2. The summed E-state index contributed by atoms with van der Waals surface area (Å²) in [7, 11) is 1.56. The molecule has 1 rings (SSSR count). The van der Waals surface area contributed by atoms with Gasteiger partial charge in [-0.1, -0.05) is 0 Å². The van der Waals surface area contributed by atoms with Gasteiger partial charge < -0.3 is 16.0 Å².